The highest BCUT2D eigenvalue weighted by atomic mass is 35.5. The Hall–Kier alpha value is -0.850. The van der Waals surface area contributed by atoms with Crippen LogP contribution < -0.4 is 5.32 Å². The lowest BCUT2D eigenvalue weighted by Gasteiger charge is -2.34. The van der Waals surface area contributed by atoms with Gasteiger partial charge in [-0.25, -0.2) is 0 Å². The number of hydrogen-bond acceptors (Lipinski definition) is 4. The van der Waals surface area contributed by atoms with Gasteiger partial charge in [0.05, 0.1) is 13.2 Å². The molecule has 0 bridgehead atoms. The van der Waals surface area contributed by atoms with Gasteiger partial charge in [0.25, 0.3) is 0 Å². The number of carbonyl (C=O) groups is 2. The minimum Gasteiger partial charge on any atom is -0.378 e. The number of nitrogens with zero attached hydrogens (tertiary/aromatic N) is 2. The van der Waals surface area contributed by atoms with Crippen molar-refractivity contribution in [3.8, 4) is 0 Å². The van der Waals surface area contributed by atoms with Crippen LogP contribution in [0.1, 0.15) is 19.8 Å². The molecule has 1 atom stereocenters. The lowest BCUT2D eigenvalue weighted by Crippen LogP contribution is -2.52. The normalized spacial score (nSPS) is 23.1. The molecule has 1 unspecified atom stereocenters. The summed E-state index contributed by atoms with van der Waals surface area (Å²) in [5.74, 6) is 0.162. The summed E-state index contributed by atoms with van der Waals surface area (Å²) >= 11 is 0. The molecule has 0 aromatic carbocycles. The van der Waals surface area contributed by atoms with Crippen LogP contribution in [-0.4, -0.2) is 73.6 Å². The molecule has 2 rings (SSSR count). The third-order valence-electron chi connectivity index (χ3n) is 3.74. The topological polar surface area (TPSA) is 61.9 Å². The fraction of sp³-hybridized carbons (Fsp3) is 0.846. The first-order valence-corrected chi connectivity index (χ1v) is 7.04. The molecule has 0 aromatic heterocycles. The molecule has 0 spiro atoms. The zero-order chi connectivity index (χ0) is 13.7. The van der Waals surface area contributed by atoms with Crippen LogP contribution >= 0.6 is 12.4 Å². The number of halogens is 1. The van der Waals surface area contributed by atoms with Crippen LogP contribution in [0.5, 0.6) is 0 Å². The number of nitrogens with one attached hydrogen (secondary N) is 1. The van der Waals surface area contributed by atoms with Gasteiger partial charge in [0.2, 0.25) is 11.8 Å². The first-order chi connectivity index (χ1) is 9.18. The van der Waals surface area contributed by atoms with Crippen molar-refractivity contribution in [2.45, 2.75) is 25.8 Å². The van der Waals surface area contributed by atoms with Crippen molar-refractivity contribution < 1.29 is 14.3 Å². The predicted octanol–water partition coefficient (Wildman–Crippen LogP) is -0.132. The predicted molar refractivity (Wildman–Crippen MR) is 77.9 cm³/mol. The van der Waals surface area contributed by atoms with E-state index in [1.165, 1.54) is 0 Å². The van der Waals surface area contributed by atoms with E-state index in [9.17, 15) is 9.59 Å². The van der Waals surface area contributed by atoms with Crippen LogP contribution in [-0.2, 0) is 14.3 Å². The van der Waals surface area contributed by atoms with Gasteiger partial charge in [0.15, 0.2) is 0 Å². The third kappa shape index (κ3) is 4.61. The SMILES string of the molecule is CC1CNCCN1C(=O)CCC(=O)N1CCOCC1.Cl. The zero-order valence-electron chi connectivity index (χ0n) is 12.0. The van der Waals surface area contributed by atoms with E-state index >= 15 is 0 Å². The van der Waals surface area contributed by atoms with E-state index in [-0.39, 0.29) is 30.3 Å². The molecule has 0 aliphatic carbocycles. The van der Waals surface area contributed by atoms with Crippen molar-refractivity contribution in [2.24, 2.45) is 0 Å². The van der Waals surface area contributed by atoms with E-state index in [1.807, 2.05) is 11.8 Å². The van der Waals surface area contributed by atoms with E-state index in [4.69, 9.17) is 4.74 Å². The summed E-state index contributed by atoms with van der Waals surface area (Å²) in [6.07, 6.45) is 0.635. The molecule has 0 radical (unpaired) electrons. The number of carbonyl (C=O) groups excluding carboxylic acids is 2. The second-order valence-electron chi connectivity index (χ2n) is 5.13. The van der Waals surface area contributed by atoms with Gasteiger partial charge in [-0.15, -0.1) is 12.4 Å². The van der Waals surface area contributed by atoms with E-state index < -0.39 is 0 Å². The molecule has 20 heavy (non-hydrogen) atoms. The molecule has 7 heteroatoms. The molecule has 1 N–H and O–H groups in total. The number of ether oxygens (including phenoxy) is 1. The monoisotopic (exact) mass is 305 g/mol. The Balaban J connectivity index is 0.00000200. The van der Waals surface area contributed by atoms with Crippen molar-refractivity contribution in [1.29, 1.82) is 0 Å². The molecule has 2 saturated heterocycles. The largest absolute Gasteiger partial charge is 0.378 e. The minimum absolute atomic E-state index is 0. The van der Waals surface area contributed by atoms with E-state index in [0.29, 0.717) is 39.1 Å². The number of piperazine rings is 1. The summed E-state index contributed by atoms with van der Waals surface area (Å²) in [4.78, 5) is 27.7. The first kappa shape index (κ1) is 17.2. The Morgan fingerprint density at radius 3 is 2.45 bits per heavy atom. The number of morpholine rings is 1. The van der Waals surface area contributed by atoms with E-state index in [2.05, 4.69) is 5.32 Å². The van der Waals surface area contributed by atoms with Gasteiger partial charge in [0.1, 0.15) is 0 Å². The van der Waals surface area contributed by atoms with Gasteiger partial charge < -0.3 is 19.9 Å². The first-order valence-electron chi connectivity index (χ1n) is 7.04. The van der Waals surface area contributed by atoms with Crippen molar-refractivity contribution in [3.63, 3.8) is 0 Å². The van der Waals surface area contributed by atoms with Gasteiger partial charge in [-0.05, 0) is 6.92 Å². The number of rotatable bonds is 3. The Morgan fingerprint density at radius 2 is 1.80 bits per heavy atom. The van der Waals surface area contributed by atoms with Crippen molar-refractivity contribution in [3.05, 3.63) is 0 Å². The van der Waals surface area contributed by atoms with Crippen LogP contribution in [0.2, 0.25) is 0 Å². The summed E-state index contributed by atoms with van der Waals surface area (Å²) in [5, 5.41) is 3.25. The molecule has 2 fully saturated rings. The average Bonchev–Trinajstić information content (AvgIpc) is 2.46. The van der Waals surface area contributed by atoms with Gasteiger partial charge in [-0.1, -0.05) is 0 Å². The van der Waals surface area contributed by atoms with E-state index in [0.717, 1.165) is 19.6 Å². The molecule has 0 aromatic rings. The van der Waals surface area contributed by atoms with Gasteiger partial charge in [0, 0.05) is 51.6 Å². The second-order valence-corrected chi connectivity index (χ2v) is 5.13. The third-order valence-corrected chi connectivity index (χ3v) is 3.74. The van der Waals surface area contributed by atoms with Crippen LogP contribution in [0, 0.1) is 0 Å². The Bertz CT molecular complexity index is 335. The summed E-state index contributed by atoms with van der Waals surface area (Å²) < 4.78 is 5.21. The maximum atomic E-state index is 12.1. The maximum absolute atomic E-state index is 12.1. The zero-order valence-corrected chi connectivity index (χ0v) is 12.8. The molecular weight excluding hydrogens is 282 g/mol. The number of amides is 2. The Kier molecular flexibility index (Phi) is 7.26. The molecule has 2 amide bonds. The van der Waals surface area contributed by atoms with Crippen LogP contribution in [0.4, 0.5) is 0 Å². The highest BCUT2D eigenvalue weighted by Gasteiger charge is 2.24. The summed E-state index contributed by atoms with van der Waals surface area (Å²) in [7, 11) is 0. The average molecular weight is 306 g/mol. The van der Waals surface area contributed by atoms with Gasteiger partial charge in [-0.3, -0.25) is 9.59 Å². The minimum atomic E-state index is 0. The summed E-state index contributed by atoms with van der Waals surface area (Å²) in [5.41, 5.74) is 0. The van der Waals surface area contributed by atoms with Crippen LogP contribution in [0.25, 0.3) is 0 Å². The molecule has 116 valence electrons. The molecule has 2 heterocycles. The fourth-order valence-corrected chi connectivity index (χ4v) is 2.54. The Morgan fingerprint density at radius 1 is 1.15 bits per heavy atom. The quantitative estimate of drug-likeness (QED) is 0.789. The second kappa shape index (κ2) is 8.44. The fourth-order valence-electron chi connectivity index (χ4n) is 2.54. The lowest BCUT2D eigenvalue weighted by atomic mass is 10.1. The van der Waals surface area contributed by atoms with E-state index in [1.54, 1.807) is 4.90 Å². The van der Waals surface area contributed by atoms with Crippen LogP contribution in [0.3, 0.4) is 0 Å². The molecule has 6 nitrogen and oxygen atoms in total. The molecular formula is C13H24ClN3O3. The number of hydrogen-bond donors (Lipinski definition) is 1. The highest BCUT2D eigenvalue weighted by molar-refractivity contribution is 5.85. The van der Waals surface area contributed by atoms with Gasteiger partial charge >= 0.3 is 0 Å². The molecule has 0 saturated carbocycles. The van der Waals surface area contributed by atoms with Crippen LogP contribution in [0.15, 0.2) is 0 Å². The molecule has 2 aliphatic heterocycles. The van der Waals surface area contributed by atoms with Crippen molar-refractivity contribution in [1.82, 2.24) is 15.1 Å². The summed E-state index contributed by atoms with van der Waals surface area (Å²) in [6.45, 7) is 6.97. The van der Waals surface area contributed by atoms with Gasteiger partial charge in [-0.2, -0.15) is 0 Å². The standard InChI is InChI=1S/C13H23N3O3.ClH/c1-11-10-14-4-5-16(11)13(18)3-2-12(17)15-6-8-19-9-7-15;/h11,14H,2-10H2,1H3;1H. The lowest BCUT2D eigenvalue weighted by molar-refractivity contribution is -0.140. The Labute approximate surface area is 126 Å². The molecule has 2 aliphatic rings. The highest BCUT2D eigenvalue weighted by Crippen LogP contribution is 2.08. The smallest absolute Gasteiger partial charge is 0.223 e. The summed E-state index contributed by atoms with van der Waals surface area (Å²) in [6, 6.07) is 0.222. The van der Waals surface area contributed by atoms with Crippen molar-refractivity contribution in [2.75, 3.05) is 45.9 Å². The maximum Gasteiger partial charge on any atom is 0.223 e. The van der Waals surface area contributed by atoms with Crippen molar-refractivity contribution >= 4 is 24.2 Å².